The molecule has 0 atom stereocenters. The van der Waals surface area contributed by atoms with Gasteiger partial charge in [-0.2, -0.15) is 0 Å². The highest BCUT2D eigenvalue weighted by molar-refractivity contribution is 9.10. The second-order valence-electron chi connectivity index (χ2n) is 4.39. The molecule has 4 nitrogen and oxygen atoms in total. The first-order chi connectivity index (χ1) is 9.72. The summed E-state index contributed by atoms with van der Waals surface area (Å²) in [5, 5.41) is 2.85. The Morgan fingerprint density at radius 1 is 1.15 bits per heavy atom. The molecule has 0 spiro atoms. The average molecular weight is 330 g/mol. The van der Waals surface area contributed by atoms with Gasteiger partial charge in [0.2, 0.25) is 0 Å². The summed E-state index contributed by atoms with van der Waals surface area (Å²) in [6.07, 6.45) is 0. The molecule has 0 radical (unpaired) electrons. The zero-order valence-electron chi connectivity index (χ0n) is 10.6. The van der Waals surface area contributed by atoms with Crippen LogP contribution in [0, 0.1) is 0 Å². The van der Waals surface area contributed by atoms with Gasteiger partial charge in [0.25, 0.3) is 5.91 Å². The maximum absolute atomic E-state index is 12.0. The van der Waals surface area contributed by atoms with Crippen molar-refractivity contribution in [3.05, 3.63) is 64.4 Å². The SMILES string of the molecule is O=C(NCc1nc2ccccc2[nH]1)c1ccc(Br)cc1. The molecule has 1 amide bonds. The average Bonchev–Trinajstić information content (AvgIpc) is 2.88. The standard InChI is InChI=1S/C15H12BrN3O/c16-11-7-5-10(6-8-11)15(20)17-9-14-18-12-3-1-2-4-13(12)19-14/h1-8H,9H2,(H,17,20)(H,18,19). The molecule has 0 bridgehead atoms. The number of carbonyl (C=O) groups is 1. The quantitative estimate of drug-likeness (QED) is 0.774. The summed E-state index contributed by atoms with van der Waals surface area (Å²) in [7, 11) is 0. The van der Waals surface area contributed by atoms with E-state index in [1.807, 2.05) is 36.4 Å². The fourth-order valence-electron chi connectivity index (χ4n) is 1.96. The predicted octanol–water partition coefficient (Wildman–Crippen LogP) is 3.26. The third kappa shape index (κ3) is 2.72. The van der Waals surface area contributed by atoms with E-state index in [1.54, 1.807) is 12.1 Å². The Morgan fingerprint density at radius 2 is 1.90 bits per heavy atom. The normalized spacial score (nSPS) is 10.7. The first kappa shape index (κ1) is 12.9. The van der Waals surface area contributed by atoms with Gasteiger partial charge in [-0.25, -0.2) is 4.98 Å². The van der Waals surface area contributed by atoms with Crippen LogP contribution in [0.25, 0.3) is 11.0 Å². The van der Waals surface area contributed by atoms with Gasteiger partial charge >= 0.3 is 0 Å². The fourth-order valence-corrected chi connectivity index (χ4v) is 2.22. The number of imidazole rings is 1. The summed E-state index contributed by atoms with van der Waals surface area (Å²) in [6, 6.07) is 15.0. The molecule has 2 N–H and O–H groups in total. The van der Waals surface area contributed by atoms with E-state index in [1.165, 1.54) is 0 Å². The lowest BCUT2D eigenvalue weighted by Crippen LogP contribution is -2.23. The molecular formula is C15H12BrN3O. The summed E-state index contributed by atoms with van der Waals surface area (Å²) >= 11 is 3.34. The van der Waals surface area contributed by atoms with Crippen LogP contribution in [0.2, 0.25) is 0 Å². The minimum absolute atomic E-state index is 0.113. The number of aromatic nitrogens is 2. The van der Waals surface area contributed by atoms with E-state index in [9.17, 15) is 4.79 Å². The van der Waals surface area contributed by atoms with E-state index in [0.29, 0.717) is 12.1 Å². The van der Waals surface area contributed by atoms with Crippen LogP contribution in [0.1, 0.15) is 16.2 Å². The Hall–Kier alpha value is -2.14. The maximum atomic E-state index is 12.0. The second-order valence-corrected chi connectivity index (χ2v) is 5.31. The number of amides is 1. The molecule has 0 fully saturated rings. The minimum atomic E-state index is -0.113. The number of carbonyl (C=O) groups excluding carboxylic acids is 1. The van der Waals surface area contributed by atoms with E-state index in [2.05, 4.69) is 31.2 Å². The molecule has 3 rings (SSSR count). The molecule has 0 saturated carbocycles. The highest BCUT2D eigenvalue weighted by Gasteiger charge is 2.07. The van der Waals surface area contributed by atoms with Crippen molar-refractivity contribution in [2.45, 2.75) is 6.54 Å². The Kier molecular flexibility index (Phi) is 3.52. The van der Waals surface area contributed by atoms with Gasteiger partial charge in [-0.05, 0) is 36.4 Å². The number of nitrogens with one attached hydrogen (secondary N) is 2. The van der Waals surface area contributed by atoms with E-state index in [4.69, 9.17) is 0 Å². The van der Waals surface area contributed by atoms with E-state index < -0.39 is 0 Å². The maximum Gasteiger partial charge on any atom is 0.251 e. The van der Waals surface area contributed by atoms with Crippen molar-refractivity contribution in [1.29, 1.82) is 0 Å². The van der Waals surface area contributed by atoms with Gasteiger partial charge in [-0.1, -0.05) is 28.1 Å². The van der Waals surface area contributed by atoms with Crippen molar-refractivity contribution in [3.8, 4) is 0 Å². The number of aromatic amines is 1. The Labute approximate surface area is 124 Å². The zero-order chi connectivity index (χ0) is 13.9. The summed E-state index contributed by atoms with van der Waals surface area (Å²) in [6.45, 7) is 0.379. The Bertz CT molecular complexity index is 716. The topological polar surface area (TPSA) is 57.8 Å². The number of H-pyrrole nitrogens is 1. The molecule has 5 heteroatoms. The minimum Gasteiger partial charge on any atom is -0.345 e. The van der Waals surface area contributed by atoms with Crippen LogP contribution in [0.5, 0.6) is 0 Å². The van der Waals surface area contributed by atoms with Crippen LogP contribution >= 0.6 is 15.9 Å². The van der Waals surface area contributed by atoms with Crippen molar-refractivity contribution >= 4 is 32.9 Å². The number of hydrogen-bond donors (Lipinski definition) is 2. The van der Waals surface area contributed by atoms with Crippen LogP contribution in [-0.2, 0) is 6.54 Å². The number of nitrogens with zero attached hydrogens (tertiary/aromatic N) is 1. The van der Waals surface area contributed by atoms with E-state index in [-0.39, 0.29) is 5.91 Å². The van der Waals surface area contributed by atoms with Gasteiger partial charge < -0.3 is 10.3 Å². The monoisotopic (exact) mass is 329 g/mol. The van der Waals surface area contributed by atoms with Crippen molar-refractivity contribution in [2.24, 2.45) is 0 Å². The lowest BCUT2D eigenvalue weighted by atomic mass is 10.2. The van der Waals surface area contributed by atoms with Crippen molar-refractivity contribution < 1.29 is 4.79 Å². The van der Waals surface area contributed by atoms with Gasteiger partial charge in [0.05, 0.1) is 17.6 Å². The summed E-state index contributed by atoms with van der Waals surface area (Å²) in [4.78, 5) is 19.6. The molecule has 100 valence electrons. The lowest BCUT2D eigenvalue weighted by Gasteiger charge is -2.03. The summed E-state index contributed by atoms with van der Waals surface area (Å²) in [5.41, 5.74) is 2.50. The van der Waals surface area contributed by atoms with E-state index in [0.717, 1.165) is 21.3 Å². The van der Waals surface area contributed by atoms with Crippen LogP contribution in [0.3, 0.4) is 0 Å². The van der Waals surface area contributed by atoms with Gasteiger partial charge in [0, 0.05) is 10.0 Å². The number of benzene rings is 2. The second kappa shape index (κ2) is 5.46. The fraction of sp³-hybridized carbons (Fsp3) is 0.0667. The van der Waals surface area contributed by atoms with Crippen molar-refractivity contribution in [2.75, 3.05) is 0 Å². The number of fused-ring (bicyclic) bond motifs is 1. The first-order valence-corrected chi connectivity index (χ1v) is 6.99. The molecule has 0 unspecified atom stereocenters. The molecule has 0 aliphatic heterocycles. The van der Waals surface area contributed by atoms with Gasteiger partial charge in [0.15, 0.2) is 0 Å². The molecule has 1 heterocycles. The predicted molar refractivity (Wildman–Crippen MR) is 81.4 cm³/mol. The Morgan fingerprint density at radius 3 is 2.65 bits per heavy atom. The first-order valence-electron chi connectivity index (χ1n) is 6.20. The van der Waals surface area contributed by atoms with Crippen molar-refractivity contribution in [3.63, 3.8) is 0 Å². The third-order valence-electron chi connectivity index (χ3n) is 2.96. The number of para-hydroxylation sites is 2. The van der Waals surface area contributed by atoms with E-state index >= 15 is 0 Å². The van der Waals surface area contributed by atoms with Gasteiger partial charge in [-0.3, -0.25) is 4.79 Å². The molecule has 0 saturated heterocycles. The number of rotatable bonds is 3. The van der Waals surface area contributed by atoms with Crippen LogP contribution in [-0.4, -0.2) is 15.9 Å². The molecule has 3 aromatic rings. The highest BCUT2D eigenvalue weighted by atomic mass is 79.9. The smallest absolute Gasteiger partial charge is 0.251 e. The third-order valence-corrected chi connectivity index (χ3v) is 3.49. The lowest BCUT2D eigenvalue weighted by molar-refractivity contribution is 0.0950. The number of halogens is 1. The van der Waals surface area contributed by atoms with Gasteiger partial charge in [-0.15, -0.1) is 0 Å². The zero-order valence-corrected chi connectivity index (χ0v) is 12.1. The van der Waals surface area contributed by atoms with Gasteiger partial charge in [0.1, 0.15) is 5.82 Å². The Balaban J connectivity index is 1.69. The molecular weight excluding hydrogens is 318 g/mol. The van der Waals surface area contributed by atoms with Crippen LogP contribution < -0.4 is 5.32 Å². The molecule has 2 aromatic carbocycles. The van der Waals surface area contributed by atoms with Crippen LogP contribution in [0.15, 0.2) is 53.0 Å². The highest BCUT2D eigenvalue weighted by Crippen LogP contribution is 2.12. The molecule has 0 aliphatic carbocycles. The molecule has 1 aromatic heterocycles. The molecule has 20 heavy (non-hydrogen) atoms. The molecule has 0 aliphatic rings. The largest absolute Gasteiger partial charge is 0.345 e. The van der Waals surface area contributed by atoms with Crippen LogP contribution in [0.4, 0.5) is 0 Å². The number of hydrogen-bond acceptors (Lipinski definition) is 2. The summed E-state index contributed by atoms with van der Waals surface area (Å²) < 4.78 is 0.950. The van der Waals surface area contributed by atoms with Crippen molar-refractivity contribution in [1.82, 2.24) is 15.3 Å². The summed E-state index contributed by atoms with van der Waals surface area (Å²) in [5.74, 6) is 0.634.